The predicted molar refractivity (Wildman–Crippen MR) is 62.5 cm³/mol. The quantitative estimate of drug-likeness (QED) is 0.731. The topological polar surface area (TPSA) is 32.3 Å². The molecular weight excluding hydrogens is 188 g/mol. The third-order valence-corrected chi connectivity index (χ3v) is 3.10. The van der Waals surface area contributed by atoms with E-state index >= 15 is 0 Å². The Morgan fingerprint density at radius 2 is 1.93 bits per heavy atom. The van der Waals surface area contributed by atoms with Crippen molar-refractivity contribution in [2.45, 2.75) is 65.1 Å². The fourth-order valence-corrected chi connectivity index (χ4v) is 2.25. The molecule has 0 aromatic rings. The van der Waals surface area contributed by atoms with Crippen molar-refractivity contribution < 1.29 is 4.79 Å². The van der Waals surface area contributed by atoms with Crippen LogP contribution in [0.4, 0.5) is 0 Å². The van der Waals surface area contributed by atoms with E-state index in [1.54, 1.807) is 0 Å². The highest BCUT2D eigenvalue weighted by Crippen LogP contribution is 2.18. The molecule has 1 amide bonds. The van der Waals surface area contributed by atoms with E-state index in [1.807, 2.05) is 4.90 Å². The average Bonchev–Trinajstić information content (AvgIpc) is 2.52. The second-order valence-corrected chi connectivity index (χ2v) is 4.29. The molecule has 0 bridgehead atoms. The Morgan fingerprint density at radius 1 is 1.20 bits per heavy atom. The molecule has 0 radical (unpaired) electrons. The summed E-state index contributed by atoms with van der Waals surface area (Å²) in [5, 5.41) is 3.45. The van der Waals surface area contributed by atoms with E-state index in [2.05, 4.69) is 26.1 Å². The summed E-state index contributed by atoms with van der Waals surface area (Å²) in [5.74, 6) is 0.310. The van der Waals surface area contributed by atoms with Crippen molar-refractivity contribution in [3.63, 3.8) is 0 Å². The number of unbranched alkanes of at least 4 members (excludes halogenated alkanes) is 1. The van der Waals surface area contributed by atoms with Crippen LogP contribution in [0.15, 0.2) is 0 Å². The molecular formula is C12H24N2O. The first-order valence-corrected chi connectivity index (χ1v) is 6.31. The number of nitrogens with one attached hydrogen (secondary N) is 1. The molecule has 0 aromatic carbocycles. The van der Waals surface area contributed by atoms with Gasteiger partial charge in [-0.2, -0.15) is 0 Å². The monoisotopic (exact) mass is 212 g/mol. The summed E-state index contributed by atoms with van der Waals surface area (Å²) >= 11 is 0. The molecule has 2 atom stereocenters. The normalized spacial score (nSPS) is 26.3. The Morgan fingerprint density at radius 3 is 2.47 bits per heavy atom. The number of carbonyl (C=O) groups is 1. The highest BCUT2D eigenvalue weighted by molar-refractivity contribution is 5.84. The Hall–Kier alpha value is -0.570. The first-order valence-electron chi connectivity index (χ1n) is 6.31. The van der Waals surface area contributed by atoms with E-state index in [1.165, 1.54) is 0 Å². The minimum atomic E-state index is 0.0847. The van der Waals surface area contributed by atoms with Gasteiger partial charge < -0.3 is 4.90 Å². The Bertz CT molecular complexity index is 206. The van der Waals surface area contributed by atoms with Crippen molar-refractivity contribution in [3.05, 3.63) is 0 Å². The maximum absolute atomic E-state index is 12.0. The number of nitrogens with zero attached hydrogens (tertiary/aromatic N) is 1. The Kier molecular flexibility index (Phi) is 5.09. The van der Waals surface area contributed by atoms with Crippen LogP contribution in [0.3, 0.4) is 0 Å². The van der Waals surface area contributed by atoms with E-state index in [0.717, 1.165) is 38.6 Å². The van der Waals surface area contributed by atoms with Crippen molar-refractivity contribution in [1.82, 2.24) is 10.2 Å². The molecule has 0 spiro atoms. The highest BCUT2D eigenvalue weighted by Gasteiger charge is 2.36. The number of likely N-dealkylation sites (N-methyl/N-ethyl adjacent to an activating group) is 1. The van der Waals surface area contributed by atoms with Crippen LogP contribution < -0.4 is 5.32 Å². The summed E-state index contributed by atoms with van der Waals surface area (Å²) < 4.78 is 0. The van der Waals surface area contributed by atoms with Gasteiger partial charge in [-0.1, -0.05) is 33.1 Å². The first-order chi connectivity index (χ1) is 7.24. The van der Waals surface area contributed by atoms with E-state index in [4.69, 9.17) is 0 Å². The van der Waals surface area contributed by atoms with Gasteiger partial charge in [0.25, 0.3) is 0 Å². The maximum atomic E-state index is 12.0. The molecule has 1 aliphatic heterocycles. The van der Waals surface area contributed by atoms with Gasteiger partial charge in [-0.15, -0.1) is 0 Å². The number of amides is 1. The van der Waals surface area contributed by atoms with Crippen molar-refractivity contribution in [2.75, 3.05) is 6.54 Å². The average molecular weight is 212 g/mol. The standard InChI is InChI=1S/C12H24N2O/c1-4-7-9-10-12(15)14(6-3)11(13-10)8-5-2/h10-11,13H,4-9H2,1-3H3. The van der Waals surface area contributed by atoms with Crippen LogP contribution in [-0.4, -0.2) is 29.6 Å². The minimum absolute atomic E-state index is 0.0847. The number of rotatable bonds is 6. The zero-order valence-electron chi connectivity index (χ0n) is 10.3. The van der Waals surface area contributed by atoms with E-state index < -0.39 is 0 Å². The maximum Gasteiger partial charge on any atom is 0.241 e. The van der Waals surface area contributed by atoms with Gasteiger partial charge in [-0.3, -0.25) is 10.1 Å². The number of carbonyl (C=O) groups excluding carboxylic acids is 1. The molecule has 15 heavy (non-hydrogen) atoms. The predicted octanol–water partition coefficient (Wildman–Crippen LogP) is 2.12. The van der Waals surface area contributed by atoms with Crippen molar-refractivity contribution in [3.8, 4) is 0 Å². The van der Waals surface area contributed by atoms with Gasteiger partial charge in [0.05, 0.1) is 12.2 Å². The lowest BCUT2D eigenvalue weighted by molar-refractivity contribution is -0.130. The summed E-state index contributed by atoms with van der Waals surface area (Å²) in [6.45, 7) is 7.23. The fraction of sp³-hybridized carbons (Fsp3) is 0.917. The summed E-state index contributed by atoms with van der Waals surface area (Å²) in [7, 11) is 0. The van der Waals surface area contributed by atoms with Crippen LogP contribution in [0.25, 0.3) is 0 Å². The van der Waals surface area contributed by atoms with Crippen LogP contribution in [0, 0.1) is 0 Å². The van der Waals surface area contributed by atoms with Crippen LogP contribution in [-0.2, 0) is 4.79 Å². The van der Waals surface area contributed by atoms with Crippen molar-refractivity contribution in [2.24, 2.45) is 0 Å². The van der Waals surface area contributed by atoms with Crippen LogP contribution in [0.5, 0.6) is 0 Å². The lowest BCUT2D eigenvalue weighted by atomic mass is 10.1. The Labute approximate surface area is 93.2 Å². The molecule has 88 valence electrons. The Balaban J connectivity index is 2.52. The second-order valence-electron chi connectivity index (χ2n) is 4.29. The molecule has 0 aliphatic carbocycles. The molecule has 1 fully saturated rings. The molecule has 1 heterocycles. The second kappa shape index (κ2) is 6.11. The van der Waals surface area contributed by atoms with Crippen LogP contribution in [0.1, 0.15) is 52.9 Å². The highest BCUT2D eigenvalue weighted by atomic mass is 16.2. The first kappa shape index (κ1) is 12.5. The van der Waals surface area contributed by atoms with Crippen molar-refractivity contribution >= 4 is 5.91 Å². The summed E-state index contributed by atoms with van der Waals surface area (Å²) in [6.07, 6.45) is 5.78. The van der Waals surface area contributed by atoms with E-state index in [0.29, 0.717) is 5.91 Å². The van der Waals surface area contributed by atoms with Crippen LogP contribution >= 0.6 is 0 Å². The summed E-state index contributed by atoms with van der Waals surface area (Å²) in [6, 6.07) is 0.0847. The van der Waals surface area contributed by atoms with Gasteiger partial charge in [-0.25, -0.2) is 0 Å². The van der Waals surface area contributed by atoms with Gasteiger partial charge in [0, 0.05) is 6.54 Å². The molecule has 0 aromatic heterocycles. The van der Waals surface area contributed by atoms with Crippen LogP contribution in [0.2, 0.25) is 0 Å². The number of hydrogen-bond acceptors (Lipinski definition) is 2. The molecule has 1 saturated heterocycles. The molecule has 3 nitrogen and oxygen atoms in total. The molecule has 1 aliphatic rings. The fourth-order valence-electron chi connectivity index (χ4n) is 2.25. The van der Waals surface area contributed by atoms with Gasteiger partial charge in [-0.05, 0) is 19.8 Å². The van der Waals surface area contributed by atoms with Gasteiger partial charge >= 0.3 is 0 Å². The lowest BCUT2D eigenvalue weighted by Gasteiger charge is -2.21. The minimum Gasteiger partial charge on any atom is -0.326 e. The third-order valence-electron chi connectivity index (χ3n) is 3.10. The largest absolute Gasteiger partial charge is 0.326 e. The zero-order chi connectivity index (χ0) is 11.3. The van der Waals surface area contributed by atoms with Gasteiger partial charge in [0.1, 0.15) is 0 Å². The number of hydrogen-bond donors (Lipinski definition) is 1. The van der Waals surface area contributed by atoms with E-state index in [9.17, 15) is 4.79 Å². The van der Waals surface area contributed by atoms with Gasteiger partial charge in [0.2, 0.25) is 5.91 Å². The summed E-state index contributed by atoms with van der Waals surface area (Å²) in [5.41, 5.74) is 0. The molecule has 0 saturated carbocycles. The summed E-state index contributed by atoms with van der Waals surface area (Å²) in [4.78, 5) is 14.0. The molecule has 3 heteroatoms. The molecule has 2 unspecified atom stereocenters. The molecule has 1 rings (SSSR count). The third kappa shape index (κ3) is 2.94. The molecule has 1 N–H and O–H groups in total. The zero-order valence-corrected chi connectivity index (χ0v) is 10.3. The van der Waals surface area contributed by atoms with E-state index in [-0.39, 0.29) is 12.2 Å². The van der Waals surface area contributed by atoms with Gasteiger partial charge in [0.15, 0.2) is 0 Å². The smallest absolute Gasteiger partial charge is 0.241 e. The SMILES string of the molecule is CCCCC1NC(CCC)N(CC)C1=O. The van der Waals surface area contributed by atoms with Crippen molar-refractivity contribution in [1.29, 1.82) is 0 Å². The lowest BCUT2D eigenvalue weighted by Crippen LogP contribution is -2.36.